The molecule has 0 fully saturated rings. The summed E-state index contributed by atoms with van der Waals surface area (Å²) in [7, 11) is 4.65. The van der Waals surface area contributed by atoms with Gasteiger partial charge in [-0.2, -0.15) is 0 Å². The number of nitrogens with one attached hydrogen (secondary N) is 3. The minimum absolute atomic E-state index is 0.0485. The number of benzene rings is 2. The third-order valence-electron chi connectivity index (χ3n) is 5.57. The molecule has 0 radical (unpaired) electrons. The summed E-state index contributed by atoms with van der Waals surface area (Å²) in [6, 6.07) is 11.9. The number of carbonyl (C=O) groups excluding carboxylic acids is 3. The van der Waals surface area contributed by atoms with Crippen LogP contribution >= 0.6 is 0 Å². The number of para-hydroxylation sites is 1. The van der Waals surface area contributed by atoms with Gasteiger partial charge in [0.05, 0.1) is 25.8 Å². The van der Waals surface area contributed by atoms with Crippen LogP contribution in [0.4, 0.5) is 21.0 Å². The van der Waals surface area contributed by atoms with E-state index in [4.69, 9.17) is 9.84 Å². The number of nitrogens with zero attached hydrogens (tertiary/aromatic N) is 2. The highest BCUT2D eigenvalue weighted by Crippen LogP contribution is 2.26. The molecule has 0 atom stereocenters. The number of Topliss-reactive ketones (excluding diaryl/α,β-unsaturated/α-hetero) is 1. The number of urea groups is 2. The number of amides is 4. The fourth-order valence-corrected chi connectivity index (χ4v) is 3.45. The van der Waals surface area contributed by atoms with E-state index in [1.165, 1.54) is 16.9 Å². The van der Waals surface area contributed by atoms with Crippen molar-refractivity contribution >= 4 is 35.2 Å². The Balaban J connectivity index is 1.80. The van der Waals surface area contributed by atoms with Crippen molar-refractivity contribution in [3.05, 3.63) is 53.6 Å². The van der Waals surface area contributed by atoms with Gasteiger partial charge in [-0.1, -0.05) is 24.3 Å². The first-order valence-electron chi connectivity index (χ1n) is 11.8. The normalized spacial score (nSPS) is 10.4. The second-order valence-electron chi connectivity index (χ2n) is 8.59. The Kier molecular flexibility index (Phi) is 11.4. The van der Waals surface area contributed by atoms with Crippen LogP contribution in [0.2, 0.25) is 0 Å². The van der Waals surface area contributed by atoms with Gasteiger partial charge in [-0.25, -0.2) is 9.59 Å². The van der Waals surface area contributed by atoms with Crippen molar-refractivity contribution in [2.45, 2.75) is 19.8 Å². The Hall–Kier alpha value is -4.12. The van der Waals surface area contributed by atoms with Gasteiger partial charge in [0.2, 0.25) is 0 Å². The Morgan fingerprint density at radius 2 is 1.62 bits per heavy atom. The van der Waals surface area contributed by atoms with E-state index in [0.717, 1.165) is 11.1 Å². The Labute approximate surface area is 216 Å². The van der Waals surface area contributed by atoms with Gasteiger partial charge < -0.3 is 35.6 Å². The van der Waals surface area contributed by atoms with Crippen LogP contribution in [0.1, 0.15) is 17.5 Å². The summed E-state index contributed by atoms with van der Waals surface area (Å²) in [6.07, 6.45) is 0.0526. The quantitative estimate of drug-likeness (QED) is 0.302. The summed E-state index contributed by atoms with van der Waals surface area (Å²) >= 11 is 0. The molecular weight excluding hydrogens is 478 g/mol. The molecule has 0 aliphatic carbocycles. The first-order chi connectivity index (χ1) is 17.6. The lowest BCUT2D eigenvalue weighted by Gasteiger charge is -2.24. The number of aryl methyl sites for hydroxylation is 1. The Bertz CT molecular complexity index is 1110. The third-order valence-corrected chi connectivity index (χ3v) is 5.57. The van der Waals surface area contributed by atoms with Crippen LogP contribution in [0.5, 0.6) is 5.75 Å². The topological polar surface area (TPSA) is 140 Å². The van der Waals surface area contributed by atoms with Gasteiger partial charge in [-0.15, -0.1) is 0 Å². The second kappa shape index (κ2) is 14.4. The fraction of sp³-hybridized carbons (Fsp3) is 0.385. The van der Waals surface area contributed by atoms with Gasteiger partial charge in [-0.05, 0) is 36.2 Å². The van der Waals surface area contributed by atoms with Gasteiger partial charge in [-0.3, -0.25) is 9.59 Å². The number of carboxylic acids is 1. The van der Waals surface area contributed by atoms with Crippen LogP contribution in [-0.2, 0) is 16.0 Å². The van der Waals surface area contributed by atoms with E-state index in [2.05, 4.69) is 16.0 Å². The summed E-state index contributed by atoms with van der Waals surface area (Å²) in [5, 5.41) is 17.3. The number of rotatable bonds is 13. The molecule has 2 aromatic carbocycles. The molecule has 0 unspecified atom stereocenters. The van der Waals surface area contributed by atoms with Gasteiger partial charge in [0.25, 0.3) is 0 Å². The summed E-state index contributed by atoms with van der Waals surface area (Å²) in [5.41, 5.74) is 2.85. The fourth-order valence-electron chi connectivity index (χ4n) is 3.45. The van der Waals surface area contributed by atoms with Gasteiger partial charge in [0.1, 0.15) is 5.75 Å². The molecule has 11 nitrogen and oxygen atoms in total. The molecule has 4 N–H and O–H groups in total. The predicted octanol–water partition coefficient (Wildman–Crippen LogP) is 2.81. The highest BCUT2D eigenvalue weighted by Gasteiger charge is 2.15. The number of hydrogen-bond acceptors (Lipinski definition) is 6. The number of ketones is 1. The number of carbonyl (C=O) groups is 4. The summed E-state index contributed by atoms with van der Waals surface area (Å²) in [4.78, 5) is 50.5. The lowest BCUT2D eigenvalue weighted by molar-refractivity contribution is -0.137. The van der Waals surface area contributed by atoms with Crippen LogP contribution in [0, 0.1) is 6.92 Å². The highest BCUT2D eigenvalue weighted by atomic mass is 16.5. The molecule has 4 amide bonds. The molecule has 11 heteroatoms. The first kappa shape index (κ1) is 29.1. The molecule has 2 aromatic rings. The second-order valence-corrected chi connectivity index (χ2v) is 8.59. The summed E-state index contributed by atoms with van der Waals surface area (Å²) < 4.78 is 5.40. The molecule has 0 saturated heterocycles. The maximum absolute atomic E-state index is 12.4. The molecule has 37 heavy (non-hydrogen) atoms. The zero-order chi connectivity index (χ0) is 27.4. The molecule has 0 bridgehead atoms. The number of methoxy groups -OCH3 is 1. The van der Waals surface area contributed by atoms with Crippen molar-refractivity contribution in [3.63, 3.8) is 0 Å². The minimum atomic E-state index is -0.963. The van der Waals surface area contributed by atoms with E-state index in [0.29, 0.717) is 30.2 Å². The van der Waals surface area contributed by atoms with E-state index in [-0.39, 0.29) is 37.7 Å². The SMILES string of the molecule is COc1cc(CC(=O)CNCCN(C)C(=O)N(C)CCC(=O)O)ccc1NC(=O)Nc1ccccc1C. The maximum atomic E-state index is 12.4. The number of carboxylic acid groups (broad SMARTS) is 1. The standard InChI is InChI=1S/C26H35N5O6/c1-18-7-5-6-8-21(18)28-25(35)29-22-10-9-19(16-23(22)37-4)15-20(32)17-27-12-14-31(3)26(36)30(2)13-11-24(33)34/h5-10,16,27H,11-15,17H2,1-4H3,(H,33,34)(H2,28,29,35). The summed E-state index contributed by atoms with van der Waals surface area (Å²) in [6.45, 7) is 2.92. The van der Waals surface area contributed by atoms with Crippen molar-refractivity contribution in [1.29, 1.82) is 0 Å². The van der Waals surface area contributed by atoms with Crippen LogP contribution in [0.3, 0.4) is 0 Å². The lowest BCUT2D eigenvalue weighted by Crippen LogP contribution is -2.43. The zero-order valence-electron chi connectivity index (χ0n) is 21.7. The van der Waals surface area contributed by atoms with Crippen LogP contribution < -0.4 is 20.7 Å². The smallest absolute Gasteiger partial charge is 0.323 e. The Morgan fingerprint density at radius 3 is 2.30 bits per heavy atom. The van der Waals surface area contributed by atoms with Gasteiger partial charge in [0.15, 0.2) is 5.78 Å². The van der Waals surface area contributed by atoms with Crippen molar-refractivity contribution in [1.82, 2.24) is 15.1 Å². The van der Waals surface area contributed by atoms with Crippen LogP contribution in [-0.4, -0.2) is 86.1 Å². The number of anilines is 2. The van der Waals surface area contributed by atoms with E-state index in [1.54, 1.807) is 32.3 Å². The lowest BCUT2D eigenvalue weighted by atomic mass is 10.1. The average Bonchev–Trinajstić information content (AvgIpc) is 2.86. The van der Waals surface area contributed by atoms with Crippen molar-refractivity contribution in [2.75, 3.05) is 58.0 Å². The van der Waals surface area contributed by atoms with E-state index in [1.807, 2.05) is 31.2 Å². The van der Waals surface area contributed by atoms with Crippen molar-refractivity contribution in [3.8, 4) is 5.75 Å². The monoisotopic (exact) mass is 513 g/mol. The number of likely N-dealkylation sites (N-methyl/N-ethyl adjacent to an activating group) is 1. The molecule has 200 valence electrons. The molecule has 0 spiro atoms. The number of ether oxygens (including phenoxy) is 1. The molecule has 0 aliphatic heterocycles. The Morgan fingerprint density at radius 1 is 0.946 bits per heavy atom. The zero-order valence-corrected chi connectivity index (χ0v) is 21.7. The van der Waals surface area contributed by atoms with Crippen LogP contribution in [0.15, 0.2) is 42.5 Å². The van der Waals surface area contributed by atoms with Gasteiger partial charge in [0, 0.05) is 45.8 Å². The van der Waals surface area contributed by atoms with E-state index in [9.17, 15) is 19.2 Å². The molecule has 0 heterocycles. The van der Waals surface area contributed by atoms with Crippen molar-refractivity contribution in [2.24, 2.45) is 0 Å². The molecule has 0 aromatic heterocycles. The molecule has 0 saturated carbocycles. The summed E-state index contributed by atoms with van der Waals surface area (Å²) in [5.74, 6) is -0.576. The van der Waals surface area contributed by atoms with Gasteiger partial charge >= 0.3 is 18.0 Å². The first-order valence-corrected chi connectivity index (χ1v) is 11.8. The molecular formula is C26H35N5O6. The van der Waals surface area contributed by atoms with E-state index >= 15 is 0 Å². The molecule has 2 rings (SSSR count). The highest BCUT2D eigenvalue weighted by molar-refractivity contribution is 6.01. The van der Waals surface area contributed by atoms with E-state index < -0.39 is 12.0 Å². The minimum Gasteiger partial charge on any atom is -0.495 e. The molecule has 0 aliphatic rings. The number of aliphatic carboxylic acids is 1. The van der Waals surface area contributed by atoms with Crippen LogP contribution in [0.25, 0.3) is 0 Å². The largest absolute Gasteiger partial charge is 0.495 e. The number of hydrogen-bond donors (Lipinski definition) is 4. The van der Waals surface area contributed by atoms with Crippen molar-refractivity contribution < 1.29 is 29.0 Å². The average molecular weight is 514 g/mol. The predicted molar refractivity (Wildman–Crippen MR) is 141 cm³/mol. The third kappa shape index (κ3) is 9.80. The maximum Gasteiger partial charge on any atom is 0.323 e.